The second-order valence-electron chi connectivity index (χ2n) is 12.7. The van der Waals surface area contributed by atoms with E-state index in [1.807, 2.05) is 63.3 Å². The molecule has 2 fully saturated rings. The van der Waals surface area contributed by atoms with Gasteiger partial charge in [0.1, 0.15) is 29.8 Å². The molecule has 1 aromatic rings. The highest BCUT2D eigenvalue weighted by molar-refractivity contribution is 9.11. The summed E-state index contributed by atoms with van der Waals surface area (Å²) < 4.78 is 13.3. The standard InChI is InChI=1S/C32H40BrN3O7/c1-19-25(20-12-7-5-8-13-20)42-30(41)23-24-28(39)35(15-11-17-37)27(32(24)18-21(33)26(23)43-32)29(40)36(31(2,3)4)16-10-6-9-14-22(38)34-19/h5-8,10,12-13,18-19,23-27,37H,9,11,14-17H2,1-4H3,(H,34,38)/b10-6-/t19-,23+,24-,25+,26+,27+,32-/m1/s1. The van der Waals surface area contributed by atoms with Gasteiger partial charge in [-0.15, -0.1) is 0 Å². The molecule has 2 saturated heterocycles. The zero-order valence-corrected chi connectivity index (χ0v) is 26.6. The Morgan fingerprint density at radius 1 is 1.07 bits per heavy atom. The van der Waals surface area contributed by atoms with Crippen LogP contribution < -0.4 is 5.32 Å². The van der Waals surface area contributed by atoms with E-state index in [0.717, 1.165) is 0 Å². The number of fused-ring (bicyclic) bond motifs is 2. The van der Waals surface area contributed by atoms with E-state index in [0.29, 0.717) is 16.5 Å². The van der Waals surface area contributed by atoms with Gasteiger partial charge in [-0.2, -0.15) is 0 Å². The Balaban J connectivity index is 1.62. The molecule has 43 heavy (non-hydrogen) atoms. The third-order valence-corrected chi connectivity index (χ3v) is 9.45. The molecule has 5 rings (SSSR count). The monoisotopic (exact) mass is 657 g/mol. The van der Waals surface area contributed by atoms with Crippen molar-refractivity contribution < 1.29 is 33.8 Å². The van der Waals surface area contributed by atoms with Gasteiger partial charge in [-0.25, -0.2) is 0 Å². The number of aliphatic hydroxyl groups excluding tert-OH is 1. The normalized spacial score (nSPS) is 34.1. The lowest BCUT2D eigenvalue weighted by atomic mass is 9.74. The van der Waals surface area contributed by atoms with Crippen LogP contribution in [0.3, 0.4) is 0 Å². The largest absolute Gasteiger partial charge is 0.455 e. The first-order valence-corrected chi connectivity index (χ1v) is 15.7. The highest BCUT2D eigenvalue weighted by Gasteiger charge is 2.75. The maximum atomic E-state index is 14.5. The van der Waals surface area contributed by atoms with Crippen LogP contribution in [0.1, 0.15) is 58.6 Å². The summed E-state index contributed by atoms with van der Waals surface area (Å²) in [4.78, 5) is 58.9. The second kappa shape index (κ2) is 12.2. The Morgan fingerprint density at radius 2 is 1.79 bits per heavy atom. The van der Waals surface area contributed by atoms with Gasteiger partial charge < -0.3 is 29.7 Å². The van der Waals surface area contributed by atoms with Crippen LogP contribution in [0.15, 0.2) is 53.0 Å². The fraction of sp³-hybridized carbons (Fsp3) is 0.562. The second-order valence-corrected chi connectivity index (χ2v) is 13.6. The van der Waals surface area contributed by atoms with Gasteiger partial charge in [0.25, 0.3) is 0 Å². The zero-order chi connectivity index (χ0) is 31.1. The molecule has 0 aliphatic carbocycles. The van der Waals surface area contributed by atoms with Crippen molar-refractivity contribution in [3.63, 3.8) is 0 Å². The number of hydrogen-bond donors (Lipinski definition) is 2. The molecule has 1 aromatic carbocycles. The molecule has 3 amide bonds. The van der Waals surface area contributed by atoms with Crippen LogP contribution in [0.2, 0.25) is 0 Å². The molecule has 2 N–H and O–H groups in total. The van der Waals surface area contributed by atoms with Crippen LogP contribution in [0.25, 0.3) is 0 Å². The maximum absolute atomic E-state index is 14.5. The summed E-state index contributed by atoms with van der Waals surface area (Å²) in [6.07, 6.45) is 4.84. The van der Waals surface area contributed by atoms with Gasteiger partial charge in [0.05, 0.1) is 12.0 Å². The number of nitrogens with zero attached hydrogens (tertiary/aromatic N) is 2. The number of cyclic esters (lactones) is 1. The number of esters is 1. The molecule has 0 radical (unpaired) electrons. The van der Waals surface area contributed by atoms with Crippen molar-refractivity contribution in [2.75, 3.05) is 19.7 Å². The number of rotatable bonds is 4. The van der Waals surface area contributed by atoms with Crippen molar-refractivity contribution >= 4 is 39.6 Å². The first kappa shape index (κ1) is 31.4. The molecule has 1 spiro atoms. The molecule has 7 atom stereocenters. The Morgan fingerprint density at radius 3 is 2.47 bits per heavy atom. The van der Waals surface area contributed by atoms with Crippen molar-refractivity contribution in [1.29, 1.82) is 0 Å². The number of hydrogen-bond acceptors (Lipinski definition) is 7. The number of benzene rings is 1. The van der Waals surface area contributed by atoms with E-state index in [2.05, 4.69) is 21.2 Å². The first-order valence-electron chi connectivity index (χ1n) is 14.9. The van der Waals surface area contributed by atoms with Crippen LogP contribution in [0.4, 0.5) is 0 Å². The van der Waals surface area contributed by atoms with Gasteiger partial charge >= 0.3 is 5.97 Å². The zero-order valence-electron chi connectivity index (χ0n) is 25.0. The van der Waals surface area contributed by atoms with Gasteiger partial charge in [0, 0.05) is 36.1 Å². The minimum atomic E-state index is -1.39. The number of carbonyl (C=O) groups excluding carboxylic acids is 4. The van der Waals surface area contributed by atoms with E-state index < -0.39 is 53.2 Å². The molecule has 0 aromatic heterocycles. The lowest BCUT2D eigenvalue weighted by molar-refractivity contribution is -0.161. The number of likely N-dealkylation sites (tertiary alicyclic amines) is 1. The maximum Gasteiger partial charge on any atom is 0.313 e. The molecule has 0 unspecified atom stereocenters. The van der Waals surface area contributed by atoms with E-state index in [4.69, 9.17) is 9.47 Å². The minimum absolute atomic E-state index is 0.134. The number of ether oxygens (including phenoxy) is 2. The van der Waals surface area contributed by atoms with Crippen molar-refractivity contribution in [3.05, 3.63) is 58.6 Å². The summed E-state index contributed by atoms with van der Waals surface area (Å²) in [6.45, 7) is 7.78. The molecule has 4 heterocycles. The van der Waals surface area contributed by atoms with Gasteiger partial charge in [0.2, 0.25) is 17.7 Å². The summed E-state index contributed by atoms with van der Waals surface area (Å²) in [6, 6.07) is 7.57. The Hall–Kier alpha value is -3.02. The molecule has 0 saturated carbocycles. The van der Waals surface area contributed by atoms with E-state index in [9.17, 15) is 24.3 Å². The number of allylic oxidation sites excluding steroid dienone is 1. The van der Waals surface area contributed by atoms with E-state index in [-0.39, 0.29) is 50.3 Å². The molecule has 5 bridgehead atoms. The number of carbonyl (C=O) groups is 4. The fourth-order valence-corrected chi connectivity index (χ4v) is 7.54. The van der Waals surface area contributed by atoms with Crippen LogP contribution in [0.5, 0.6) is 0 Å². The van der Waals surface area contributed by atoms with Crippen molar-refractivity contribution in [3.8, 4) is 0 Å². The molecule has 4 aliphatic rings. The number of aliphatic hydroxyl groups is 1. The average Bonchev–Trinajstić information content (AvgIpc) is 3.54. The summed E-state index contributed by atoms with van der Waals surface area (Å²) in [5, 5.41) is 12.6. The van der Waals surface area contributed by atoms with Crippen LogP contribution in [0, 0.1) is 11.8 Å². The third-order valence-electron chi connectivity index (χ3n) is 8.77. The average molecular weight is 659 g/mol. The van der Waals surface area contributed by atoms with Gasteiger partial charge in [0.15, 0.2) is 0 Å². The Kier molecular flexibility index (Phi) is 8.89. The number of amides is 3. The Bertz CT molecular complexity index is 1330. The first-order chi connectivity index (χ1) is 20.4. The number of nitrogens with one attached hydrogen (secondary N) is 1. The lowest BCUT2D eigenvalue weighted by Crippen LogP contribution is -2.59. The predicted octanol–water partition coefficient (Wildman–Crippen LogP) is 3.01. The molecule has 10 nitrogen and oxygen atoms in total. The van der Waals surface area contributed by atoms with Crippen molar-refractivity contribution in [1.82, 2.24) is 15.1 Å². The molecular weight excluding hydrogens is 618 g/mol. The fourth-order valence-electron chi connectivity index (χ4n) is 6.81. The van der Waals surface area contributed by atoms with Gasteiger partial charge in [-0.05, 0) is 52.2 Å². The molecule has 4 aliphatic heterocycles. The van der Waals surface area contributed by atoms with E-state index in [1.165, 1.54) is 4.90 Å². The Labute approximate surface area is 260 Å². The number of halogens is 1. The summed E-state index contributed by atoms with van der Waals surface area (Å²) in [5.74, 6) is -3.53. The summed E-state index contributed by atoms with van der Waals surface area (Å²) in [7, 11) is 0. The van der Waals surface area contributed by atoms with Gasteiger partial charge in [-0.1, -0.05) is 58.4 Å². The summed E-state index contributed by atoms with van der Waals surface area (Å²) >= 11 is 3.57. The van der Waals surface area contributed by atoms with E-state index >= 15 is 0 Å². The van der Waals surface area contributed by atoms with E-state index in [1.54, 1.807) is 17.9 Å². The van der Waals surface area contributed by atoms with Gasteiger partial charge in [-0.3, -0.25) is 19.2 Å². The topological polar surface area (TPSA) is 125 Å². The van der Waals surface area contributed by atoms with Crippen molar-refractivity contribution in [2.45, 2.75) is 82.4 Å². The third kappa shape index (κ3) is 5.67. The van der Waals surface area contributed by atoms with Crippen molar-refractivity contribution in [2.24, 2.45) is 11.8 Å². The minimum Gasteiger partial charge on any atom is -0.455 e. The predicted molar refractivity (Wildman–Crippen MR) is 162 cm³/mol. The van der Waals surface area contributed by atoms with Crippen LogP contribution in [-0.2, 0) is 28.7 Å². The van der Waals surface area contributed by atoms with Crippen LogP contribution >= 0.6 is 15.9 Å². The molecule has 232 valence electrons. The summed E-state index contributed by atoms with van der Waals surface area (Å²) in [5.41, 5.74) is -1.30. The smallest absolute Gasteiger partial charge is 0.313 e. The molecular formula is C32H40BrN3O7. The SMILES string of the molecule is C[C@H]1NC(=O)CC/C=C\CN(C(C)(C)C)C(=O)[C@@H]2N(CCCO)C(=O)[C@H]3[C@H](C(=O)O[C@@H]1c1ccccc1)[C@H]1O[C@@]23C=C1Br. The highest BCUT2D eigenvalue weighted by atomic mass is 79.9. The van der Waals surface area contributed by atoms with Crippen LogP contribution in [-0.4, -0.2) is 87.6 Å². The highest BCUT2D eigenvalue weighted by Crippen LogP contribution is 2.59. The quantitative estimate of drug-likeness (QED) is 0.377. The molecule has 11 heteroatoms. The lowest BCUT2D eigenvalue weighted by Gasteiger charge is -2.41.